The molecule has 0 spiro atoms. The highest BCUT2D eigenvalue weighted by atomic mass is 35.5. The van der Waals surface area contributed by atoms with Crippen LogP contribution in [-0.4, -0.2) is 45.8 Å². The summed E-state index contributed by atoms with van der Waals surface area (Å²) in [7, 11) is 5.13. The van der Waals surface area contributed by atoms with Gasteiger partial charge in [-0.05, 0) is 59.0 Å². The van der Waals surface area contributed by atoms with Crippen LogP contribution in [0.3, 0.4) is 0 Å². The van der Waals surface area contributed by atoms with Gasteiger partial charge in [0.1, 0.15) is 10.9 Å². The maximum atomic E-state index is 12.3. The molecule has 226 valence electrons. The number of hydrogen-bond acceptors (Lipinski definition) is 6. The van der Waals surface area contributed by atoms with Gasteiger partial charge >= 0.3 is 0 Å². The lowest BCUT2D eigenvalue weighted by atomic mass is 9.75. The minimum absolute atomic E-state index is 0.141. The van der Waals surface area contributed by atoms with Crippen molar-refractivity contribution in [2.75, 3.05) is 14.2 Å². The van der Waals surface area contributed by atoms with E-state index in [-0.39, 0.29) is 12.0 Å². The molecule has 0 radical (unpaired) electrons. The van der Waals surface area contributed by atoms with Gasteiger partial charge in [0.25, 0.3) is 0 Å². The van der Waals surface area contributed by atoms with Crippen molar-refractivity contribution >= 4 is 34.7 Å². The van der Waals surface area contributed by atoms with Gasteiger partial charge in [-0.1, -0.05) is 78.7 Å². The van der Waals surface area contributed by atoms with E-state index in [1.165, 1.54) is 5.56 Å². The highest BCUT2D eigenvalue weighted by molar-refractivity contribution is 6.30. The minimum atomic E-state index is -1.50. The molecule has 6 rings (SSSR count). The Morgan fingerprint density at radius 3 is 2.41 bits per heavy atom. The van der Waals surface area contributed by atoms with Crippen LogP contribution < -0.4 is 4.74 Å². The zero-order chi connectivity index (χ0) is 31.3. The number of imidazole rings is 1. The van der Waals surface area contributed by atoms with Crippen LogP contribution >= 0.6 is 23.2 Å². The van der Waals surface area contributed by atoms with E-state index in [4.69, 9.17) is 37.7 Å². The van der Waals surface area contributed by atoms with Crippen molar-refractivity contribution in [1.29, 1.82) is 0 Å². The van der Waals surface area contributed by atoms with Gasteiger partial charge in [0.2, 0.25) is 5.90 Å². The second-order valence-electron chi connectivity index (χ2n) is 10.5. The standard InChI is InChI=1S/C26H22Cl2N4O2.C9H12O/c1-32-15-29-14-23(32)26(33,18-7-9-24(28)30-13-18)17-6-8-22-21(11-17)20(12-25(31-22)34-2)16-4-3-5-19(27)10-16;1-3-8-4-6-9(10-2)7-5-8/h3-15,21-22,33H,1-2H3;4-7H,3H2,1-2H3. The molecule has 2 aromatic heterocycles. The first-order chi connectivity index (χ1) is 21.3. The lowest BCUT2D eigenvalue weighted by Gasteiger charge is -2.36. The molecule has 9 heteroatoms. The van der Waals surface area contributed by atoms with Crippen LogP contribution in [0.5, 0.6) is 5.75 Å². The van der Waals surface area contributed by atoms with Gasteiger partial charge < -0.3 is 19.1 Å². The molecule has 0 saturated carbocycles. The molecule has 7 nitrogen and oxygen atoms in total. The molecule has 1 aliphatic carbocycles. The molecule has 0 fully saturated rings. The summed E-state index contributed by atoms with van der Waals surface area (Å²) in [6.07, 6.45) is 13.9. The maximum Gasteiger partial charge on any atom is 0.209 e. The summed E-state index contributed by atoms with van der Waals surface area (Å²) in [4.78, 5) is 13.2. The Morgan fingerprint density at radius 2 is 1.80 bits per heavy atom. The monoisotopic (exact) mass is 628 g/mol. The van der Waals surface area contributed by atoms with Crippen LogP contribution in [-0.2, 0) is 23.8 Å². The predicted molar refractivity (Wildman–Crippen MR) is 176 cm³/mol. The summed E-state index contributed by atoms with van der Waals surface area (Å²) in [5, 5.41) is 13.3. The maximum absolute atomic E-state index is 12.3. The molecule has 1 N–H and O–H groups in total. The molecule has 0 bridgehead atoms. The number of dihydropyridines is 1. The van der Waals surface area contributed by atoms with Crippen LogP contribution in [0.1, 0.15) is 29.3 Å². The number of hydrogen-bond donors (Lipinski definition) is 1. The first kappa shape index (κ1) is 31.3. The number of aliphatic hydroxyl groups is 1. The summed E-state index contributed by atoms with van der Waals surface area (Å²) < 4.78 is 12.3. The molecule has 1 aliphatic heterocycles. The van der Waals surface area contributed by atoms with Crippen molar-refractivity contribution in [3.05, 3.63) is 142 Å². The molecule has 0 saturated heterocycles. The number of nitrogens with zero attached hydrogens (tertiary/aromatic N) is 4. The summed E-state index contributed by atoms with van der Waals surface area (Å²) in [6.45, 7) is 2.14. The highest BCUT2D eigenvalue weighted by Crippen LogP contribution is 2.43. The summed E-state index contributed by atoms with van der Waals surface area (Å²) in [5.74, 6) is 1.33. The van der Waals surface area contributed by atoms with Gasteiger partial charge in [0.05, 0.1) is 38.5 Å². The molecular weight excluding hydrogens is 595 g/mol. The van der Waals surface area contributed by atoms with E-state index in [1.54, 1.807) is 49.6 Å². The van der Waals surface area contributed by atoms with Crippen molar-refractivity contribution in [3.8, 4) is 5.75 Å². The van der Waals surface area contributed by atoms with E-state index in [0.717, 1.165) is 23.3 Å². The molecule has 4 aromatic rings. The van der Waals surface area contributed by atoms with Gasteiger partial charge in [-0.2, -0.15) is 0 Å². The molecule has 3 heterocycles. The number of aliphatic imine (C=N–C) groups is 1. The van der Waals surface area contributed by atoms with Crippen LogP contribution in [0.15, 0.2) is 114 Å². The zero-order valence-corrected chi connectivity index (χ0v) is 26.5. The fourth-order valence-corrected chi connectivity index (χ4v) is 5.70. The largest absolute Gasteiger partial charge is 0.497 e. The molecule has 3 unspecified atom stereocenters. The Morgan fingerprint density at radius 1 is 1.00 bits per heavy atom. The van der Waals surface area contributed by atoms with Gasteiger partial charge in [-0.25, -0.2) is 15.0 Å². The first-order valence-electron chi connectivity index (χ1n) is 14.2. The fourth-order valence-electron chi connectivity index (χ4n) is 5.40. The number of halogens is 2. The Hall–Kier alpha value is -4.17. The summed E-state index contributed by atoms with van der Waals surface area (Å²) in [5.41, 5.74) is 3.69. The second kappa shape index (κ2) is 13.6. The molecule has 2 aromatic carbocycles. The third kappa shape index (κ3) is 6.50. The lowest BCUT2D eigenvalue weighted by Crippen LogP contribution is -2.35. The van der Waals surface area contributed by atoms with Crippen LogP contribution in [0, 0.1) is 5.92 Å². The van der Waals surface area contributed by atoms with Crippen molar-refractivity contribution in [2.24, 2.45) is 18.0 Å². The van der Waals surface area contributed by atoms with E-state index in [9.17, 15) is 5.11 Å². The third-order valence-corrected chi connectivity index (χ3v) is 8.26. The van der Waals surface area contributed by atoms with Gasteiger partial charge in [-0.15, -0.1) is 0 Å². The van der Waals surface area contributed by atoms with Crippen LogP contribution in [0.4, 0.5) is 0 Å². The van der Waals surface area contributed by atoms with E-state index in [1.807, 2.05) is 61.7 Å². The smallest absolute Gasteiger partial charge is 0.209 e. The zero-order valence-electron chi connectivity index (χ0n) is 25.0. The SMILES string of the molecule is CCc1ccc(OC)cc1.COC1=NC2C=CC(C(O)(c3ccc(Cl)nc3)c3cncn3C)=CC2C(c2cccc(Cl)c2)=C1. The van der Waals surface area contributed by atoms with E-state index >= 15 is 0 Å². The molecule has 0 amide bonds. The van der Waals surface area contributed by atoms with Crippen molar-refractivity contribution in [2.45, 2.75) is 25.0 Å². The summed E-state index contributed by atoms with van der Waals surface area (Å²) >= 11 is 12.3. The number of methoxy groups -OCH3 is 2. The van der Waals surface area contributed by atoms with Crippen molar-refractivity contribution < 1.29 is 14.6 Å². The average molecular weight is 630 g/mol. The van der Waals surface area contributed by atoms with Crippen molar-refractivity contribution in [3.63, 3.8) is 0 Å². The van der Waals surface area contributed by atoms with E-state index in [0.29, 0.717) is 32.9 Å². The average Bonchev–Trinajstić information content (AvgIpc) is 3.50. The van der Waals surface area contributed by atoms with E-state index in [2.05, 4.69) is 35.1 Å². The number of fused-ring (bicyclic) bond motifs is 1. The van der Waals surface area contributed by atoms with E-state index < -0.39 is 5.60 Å². The Balaban J connectivity index is 0.000000328. The molecule has 2 aliphatic rings. The first-order valence-corrected chi connectivity index (χ1v) is 15.0. The Kier molecular flexibility index (Phi) is 9.69. The number of ether oxygens (including phenoxy) is 2. The predicted octanol–water partition coefficient (Wildman–Crippen LogP) is 7.24. The molecule has 3 atom stereocenters. The Bertz CT molecular complexity index is 1700. The Labute approximate surface area is 267 Å². The van der Waals surface area contributed by atoms with Crippen LogP contribution in [0.25, 0.3) is 5.57 Å². The lowest BCUT2D eigenvalue weighted by molar-refractivity contribution is 0.115. The number of aryl methyl sites for hydroxylation is 2. The number of benzene rings is 2. The molecular formula is C35H34Cl2N4O3. The molecule has 44 heavy (non-hydrogen) atoms. The fraction of sp³-hybridized carbons (Fsp3) is 0.229. The highest BCUT2D eigenvalue weighted by Gasteiger charge is 2.41. The minimum Gasteiger partial charge on any atom is -0.497 e. The number of rotatable bonds is 6. The van der Waals surface area contributed by atoms with Gasteiger partial charge in [-0.3, -0.25) is 0 Å². The number of pyridine rings is 1. The normalized spacial score (nSPS) is 18.5. The quantitative estimate of drug-likeness (QED) is 0.228. The van der Waals surface area contributed by atoms with Crippen molar-refractivity contribution in [1.82, 2.24) is 14.5 Å². The van der Waals surface area contributed by atoms with Gasteiger partial charge in [0, 0.05) is 35.8 Å². The van der Waals surface area contributed by atoms with Gasteiger partial charge in [0.15, 0.2) is 5.60 Å². The van der Waals surface area contributed by atoms with Crippen LogP contribution in [0.2, 0.25) is 10.2 Å². The number of aromatic nitrogens is 3. The third-order valence-electron chi connectivity index (χ3n) is 7.80. The second-order valence-corrected chi connectivity index (χ2v) is 11.3. The topological polar surface area (TPSA) is 81.8 Å². The summed E-state index contributed by atoms with van der Waals surface area (Å²) in [6, 6.07) is 19.1.